The van der Waals surface area contributed by atoms with Crippen molar-refractivity contribution < 1.29 is 18.9 Å². The first-order valence-corrected chi connectivity index (χ1v) is 7.74. The molecule has 0 saturated carbocycles. The van der Waals surface area contributed by atoms with E-state index in [0.29, 0.717) is 42.8 Å². The number of rotatable bonds is 6. The molecule has 1 N–H and O–H groups in total. The van der Waals surface area contributed by atoms with E-state index < -0.39 is 0 Å². The third-order valence-electron chi connectivity index (χ3n) is 3.82. The van der Waals surface area contributed by atoms with Crippen molar-refractivity contribution in [1.82, 2.24) is 15.4 Å². The van der Waals surface area contributed by atoms with Crippen LogP contribution in [0.25, 0.3) is 0 Å². The molecule has 0 radical (unpaired) electrons. The lowest BCUT2D eigenvalue weighted by Crippen LogP contribution is -2.31. The second-order valence-corrected chi connectivity index (χ2v) is 5.60. The monoisotopic (exact) mass is 327 g/mol. The minimum atomic E-state index is -0.323. The van der Waals surface area contributed by atoms with E-state index in [1.165, 1.54) is 4.90 Å². The van der Waals surface area contributed by atoms with Gasteiger partial charge in [-0.05, 0) is 31.9 Å². The third-order valence-corrected chi connectivity index (χ3v) is 3.82. The molecule has 3 rings (SSSR count). The highest BCUT2D eigenvalue weighted by Gasteiger charge is 2.34. The highest BCUT2D eigenvalue weighted by Crippen LogP contribution is 2.22. The first-order valence-electron chi connectivity index (χ1n) is 7.74. The molecule has 0 saturated heterocycles. The van der Waals surface area contributed by atoms with Gasteiger partial charge in [0.2, 0.25) is 5.76 Å². The van der Waals surface area contributed by atoms with Gasteiger partial charge in [0.1, 0.15) is 0 Å². The minimum Gasteiger partial charge on any atom is -0.351 e. The van der Waals surface area contributed by atoms with Gasteiger partial charge in [-0.25, -0.2) is 0 Å². The number of carbonyl (C=O) groups excluding carboxylic acids is 3. The number of imide groups is 1. The topological polar surface area (TPSA) is 92.5 Å². The van der Waals surface area contributed by atoms with Crippen LogP contribution in [0, 0.1) is 6.92 Å². The molecular weight excluding hydrogens is 310 g/mol. The molecule has 0 atom stereocenters. The van der Waals surface area contributed by atoms with Gasteiger partial charge >= 0.3 is 0 Å². The van der Waals surface area contributed by atoms with Crippen molar-refractivity contribution in [3.8, 4) is 0 Å². The first kappa shape index (κ1) is 15.9. The molecule has 0 spiro atoms. The van der Waals surface area contributed by atoms with Crippen LogP contribution >= 0.6 is 0 Å². The van der Waals surface area contributed by atoms with Gasteiger partial charge in [-0.3, -0.25) is 19.3 Å². The van der Waals surface area contributed by atoms with E-state index in [0.717, 1.165) is 0 Å². The number of hydrogen-bond acceptors (Lipinski definition) is 5. The fourth-order valence-electron chi connectivity index (χ4n) is 2.60. The minimum absolute atomic E-state index is 0.174. The van der Waals surface area contributed by atoms with Crippen LogP contribution in [-0.4, -0.2) is 40.9 Å². The molecule has 1 aliphatic heterocycles. The summed E-state index contributed by atoms with van der Waals surface area (Å²) in [5.74, 6) is -0.655. The Kier molecular flexibility index (Phi) is 4.41. The number of benzene rings is 1. The Morgan fingerprint density at radius 2 is 1.83 bits per heavy atom. The maximum Gasteiger partial charge on any atom is 0.289 e. The fourth-order valence-corrected chi connectivity index (χ4v) is 2.60. The zero-order valence-electron chi connectivity index (χ0n) is 13.2. The van der Waals surface area contributed by atoms with Crippen molar-refractivity contribution in [3.63, 3.8) is 0 Å². The Morgan fingerprint density at radius 1 is 1.17 bits per heavy atom. The van der Waals surface area contributed by atoms with Crippen LogP contribution in [0.2, 0.25) is 0 Å². The summed E-state index contributed by atoms with van der Waals surface area (Å²) < 4.78 is 4.87. The van der Waals surface area contributed by atoms with Gasteiger partial charge in [0, 0.05) is 19.2 Å². The maximum absolute atomic E-state index is 12.2. The largest absolute Gasteiger partial charge is 0.351 e. The van der Waals surface area contributed by atoms with E-state index in [-0.39, 0.29) is 23.5 Å². The summed E-state index contributed by atoms with van der Waals surface area (Å²) in [6, 6.07) is 8.38. The van der Waals surface area contributed by atoms with Crippen molar-refractivity contribution in [1.29, 1.82) is 0 Å². The standard InChI is InChI=1S/C17H17N3O4/c1-11-10-14(24-19-11)15(21)18-8-4-5-9-20-16(22)12-6-2-3-7-13(12)17(20)23/h2-3,6-7,10H,4-5,8-9H2,1H3,(H,18,21). The van der Waals surface area contributed by atoms with E-state index in [1.54, 1.807) is 37.3 Å². The molecule has 0 fully saturated rings. The Labute approximate surface area is 138 Å². The van der Waals surface area contributed by atoms with E-state index in [2.05, 4.69) is 10.5 Å². The predicted molar refractivity (Wildman–Crippen MR) is 84.6 cm³/mol. The van der Waals surface area contributed by atoms with Gasteiger partial charge in [-0.1, -0.05) is 17.3 Å². The molecule has 2 aromatic rings. The zero-order valence-corrected chi connectivity index (χ0v) is 13.2. The normalized spacial score (nSPS) is 13.3. The summed E-state index contributed by atoms with van der Waals surface area (Å²) in [7, 11) is 0. The number of aryl methyl sites for hydroxylation is 1. The molecule has 0 unspecified atom stereocenters. The van der Waals surface area contributed by atoms with E-state index in [9.17, 15) is 14.4 Å². The molecule has 1 aromatic heterocycles. The van der Waals surface area contributed by atoms with Crippen molar-refractivity contribution in [2.45, 2.75) is 19.8 Å². The number of hydrogen-bond donors (Lipinski definition) is 1. The van der Waals surface area contributed by atoms with Gasteiger partial charge in [0.15, 0.2) is 0 Å². The molecule has 3 amide bonds. The van der Waals surface area contributed by atoms with Crippen LogP contribution in [0.3, 0.4) is 0 Å². The summed E-state index contributed by atoms with van der Waals surface area (Å²) in [4.78, 5) is 37.4. The van der Waals surface area contributed by atoms with Gasteiger partial charge in [0.05, 0.1) is 16.8 Å². The average Bonchev–Trinajstić information content (AvgIpc) is 3.12. The second-order valence-electron chi connectivity index (χ2n) is 5.60. The Morgan fingerprint density at radius 3 is 2.42 bits per heavy atom. The lowest BCUT2D eigenvalue weighted by atomic mass is 10.1. The van der Waals surface area contributed by atoms with Crippen molar-refractivity contribution >= 4 is 17.7 Å². The second kappa shape index (κ2) is 6.66. The van der Waals surface area contributed by atoms with Gasteiger partial charge in [-0.15, -0.1) is 0 Å². The number of aromatic nitrogens is 1. The maximum atomic E-state index is 12.2. The van der Waals surface area contributed by atoms with Crippen LogP contribution in [0.15, 0.2) is 34.9 Å². The molecule has 7 heteroatoms. The molecule has 1 aliphatic rings. The lowest BCUT2D eigenvalue weighted by molar-refractivity contribution is 0.0650. The number of amides is 3. The van der Waals surface area contributed by atoms with Gasteiger partial charge < -0.3 is 9.84 Å². The Balaban J connectivity index is 1.44. The molecule has 0 bridgehead atoms. The van der Waals surface area contributed by atoms with Crippen molar-refractivity contribution in [3.05, 3.63) is 52.9 Å². The van der Waals surface area contributed by atoms with Crippen molar-refractivity contribution in [2.24, 2.45) is 0 Å². The average molecular weight is 327 g/mol. The number of nitrogens with one attached hydrogen (secondary N) is 1. The molecular formula is C17H17N3O4. The SMILES string of the molecule is Cc1cc(C(=O)NCCCCN2C(=O)c3ccccc3C2=O)on1. The summed E-state index contributed by atoms with van der Waals surface area (Å²) in [6.45, 7) is 2.51. The van der Waals surface area contributed by atoms with Crippen molar-refractivity contribution in [2.75, 3.05) is 13.1 Å². The molecule has 1 aromatic carbocycles. The number of unbranched alkanes of at least 4 members (excludes halogenated alkanes) is 1. The number of fused-ring (bicyclic) bond motifs is 1. The Hall–Kier alpha value is -2.96. The van der Waals surface area contributed by atoms with Crippen LogP contribution in [0.5, 0.6) is 0 Å². The summed E-state index contributed by atoms with van der Waals surface area (Å²) in [5.41, 5.74) is 1.55. The van der Waals surface area contributed by atoms with Crippen LogP contribution < -0.4 is 5.32 Å². The zero-order chi connectivity index (χ0) is 17.1. The van der Waals surface area contributed by atoms with E-state index in [1.807, 2.05) is 0 Å². The Bertz CT molecular complexity index is 762. The van der Waals surface area contributed by atoms with Crippen LogP contribution in [-0.2, 0) is 0 Å². The number of carbonyl (C=O) groups is 3. The van der Waals surface area contributed by atoms with Gasteiger partial charge in [0.25, 0.3) is 17.7 Å². The lowest BCUT2D eigenvalue weighted by Gasteiger charge is -2.13. The third kappa shape index (κ3) is 3.05. The molecule has 2 heterocycles. The number of nitrogens with zero attached hydrogens (tertiary/aromatic N) is 2. The molecule has 0 aliphatic carbocycles. The summed E-state index contributed by atoms with van der Waals surface area (Å²) in [6.07, 6.45) is 1.26. The molecule has 124 valence electrons. The quantitative estimate of drug-likeness (QED) is 0.645. The van der Waals surface area contributed by atoms with Crippen LogP contribution in [0.4, 0.5) is 0 Å². The first-order chi connectivity index (χ1) is 11.6. The molecule has 24 heavy (non-hydrogen) atoms. The summed E-state index contributed by atoms with van der Waals surface area (Å²) >= 11 is 0. The smallest absolute Gasteiger partial charge is 0.289 e. The van der Waals surface area contributed by atoms with Crippen LogP contribution in [0.1, 0.15) is 49.8 Å². The fraction of sp³-hybridized carbons (Fsp3) is 0.294. The van der Waals surface area contributed by atoms with E-state index in [4.69, 9.17) is 4.52 Å². The highest BCUT2D eigenvalue weighted by atomic mass is 16.5. The highest BCUT2D eigenvalue weighted by molar-refractivity contribution is 6.21. The van der Waals surface area contributed by atoms with E-state index >= 15 is 0 Å². The predicted octanol–water partition coefficient (Wildman–Crippen LogP) is 1.79. The molecule has 7 nitrogen and oxygen atoms in total. The van der Waals surface area contributed by atoms with Gasteiger partial charge in [-0.2, -0.15) is 0 Å². The summed E-state index contributed by atoms with van der Waals surface area (Å²) in [5, 5.41) is 6.37.